The van der Waals surface area contributed by atoms with Crippen molar-refractivity contribution in [2.45, 2.75) is 39.7 Å². The maximum absolute atomic E-state index is 13.5. The largest absolute Gasteiger partial charge is 0.507 e. The van der Waals surface area contributed by atoms with Gasteiger partial charge in [0.15, 0.2) is 0 Å². The van der Waals surface area contributed by atoms with Crippen molar-refractivity contribution in [1.82, 2.24) is 0 Å². The summed E-state index contributed by atoms with van der Waals surface area (Å²) in [5.41, 5.74) is 4.90. The molecule has 5 rings (SSSR count). The molecule has 0 radical (unpaired) electrons. The predicted molar refractivity (Wildman–Crippen MR) is 146 cm³/mol. The van der Waals surface area contributed by atoms with E-state index in [0.717, 1.165) is 35.5 Å². The topological polar surface area (TPSA) is 70.1 Å². The van der Waals surface area contributed by atoms with E-state index in [2.05, 4.69) is 4.90 Å². The fourth-order valence-corrected chi connectivity index (χ4v) is 5.32. The Morgan fingerprint density at radius 2 is 1.65 bits per heavy atom. The Morgan fingerprint density at radius 1 is 0.946 bits per heavy atom. The predicted octanol–water partition coefficient (Wildman–Crippen LogP) is 5.93. The quantitative estimate of drug-likeness (QED) is 0.260. The number of carbonyl (C=O) groups is 2. The van der Waals surface area contributed by atoms with Crippen LogP contribution in [0.15, 0.2) is 72.3 Å². The molecular formula is C31H32N2O4. The second kappa shape index (κ2) is 10.1. The Hall–Kier alpha value is -4.06. The molecule has 1 N–H and O–H groups in total. The van der Waals surface area contributed by atoms with Crippen LogP contribution in [0.5, 0.6) is 5.75 Å². The average Bonchev–Trinajstić information content (AvgIpc) is 3.52. The zero-order valence-electron chi connectivity index (χ0n) is 21.5. The Bertz CT molecular complexity index is 1370. The van der Waals surface area contributed by atoms with Crippen LogP contribution < -0.4 is 14.5 Å². The van der Waals surface area contributed by atoms with Gasteiger partial charge in [-0.15, -0.1) is 0 Å². The van der Waals surface area contributed by atoms with Gasteiger partial charge < -0.3 is 14.7 Å². The number of hydrogen-bond donors (Lipinski definition) is 1. The first-order chi connectivity index (χ1) is 17.9. The summed E-state index contributed by atoms with van der Waals surface area (Å²) < 4.78 is 5.63. The van der Waals surface area contributed by atoms with E-state index < -0.39 is 17.7 Å². The highest BCUT2D eigenvalue weighted by atomic mass is 16.5. The Labute approximate surface area is 217 Å². The molecule has 2 fully saturated rings. The second-order valence-electron chi connectivity index (χ2n) is 9.71. The number of ketones is 1. The van der Waals surface area contributed by atoms with Crippen LogP contribution in [-0.2, 0) is 9.59 Å². The minimum Gasteiger partial charge on any atom is -0.507 e. The van der Waals surface area contributed by atoms with E-state index >= 15 is 0 Å². The molecule has 0 bridgehead atoms. The maximum Gasteiger partial charge on any atom is 0.300 e. The highest BCUT2D eigenvalue weighted by Gasteiger charge is 2.47. The molecule has 6 heteroatoms. The van der Waals surface area contributed by atoms with Crippen LogP contribution in [0.1, 0.15) is 48.1 Å². The van der Waals surface area contributed by atoms with E-state index in [1.165, 1.54) is 17.7 Å². The van der Waals surface area contributed by atoms with Crippen LogP contribution >= 0.6 is 0 Å². The van der Waals surface area contributed by atoms with Crippen LogP contribution in [0.3, 0.4) is 0 Å². The zero-order valence-corrected chi connectivity index (χ0v) is 21.5. The van der Waals surface area contributed by atoms with E-state index in [-0.39, 0.29) is 11.3 Å². The van der Waals surface area contributed by atoms with Crippen molar-refractivity contribution in [3.8, 4) is 5.75 Å². The van der Waals surface area contributed by atoms with Crippen molar-refractivity contribution in [3.05, 3.63) is 94.6 Å². The number of ether oxygens (including phenoxy) is 1. The summed E-state index contributed by atoms with van der Waals surface area (Å²) in [7, 11) is 0. The molecule has 0 spiro atoms. The van der Waals surface area contributed by atoms with Gasteiger partial charge in [0.2, 0.25) is 0 Å². The van der Waals surface area contributed by atoms with Gasteiger partial charge in [0.1, 0.15) is 11.5 Å². The number of aliphatic hydroxyl groups excluding tert-OH is 1. The first-order valence-corrected chi connectivity index (χ1v) is 12.9. The molecule has 2 heterocycles. The molecule has 0 aliphatic carbocycles. The van der Waals surface area contributed by atoms with Crippen molar-refractivity contribution >= 4 is 28.8 Å². The van der Waals surface area contributed by atoms with E-state index in [1.54, 1.807) is 18.2 Å². The van der Waals surface area contributed by atoms with Crippen molar-refractivity contribution in [1.29, 1.82) is 0 Å². The second-order valence-corrected chi connectivity index (χ2v) is 9.71. The van der Waals surface area contributed by atoms with Crippen molar-refractivity contribution < 1.29 is 19.4 Å². The number of rotatable bonds is 6. The Balaban J connectivity index is 1.62. The minimum atomic E-state index is -0.746. The van der Waals surface area contributed by atoms with E-state index in [0.29, 0.717) is 23.6 Å². The molecule has 1 atom stereocenters. The van der Waals surface area contributed by atoms with Gasteiger partial charge in [-0.1, -0.05) is 29.8 Å². The van der Waals surface area contributed by atoms with Crippen molar-refractivity contribution in [3.63, 3.8) is 0 Å². The van der Waals surface area contributed by atoms with Gasteiger partial charge in [-0.3, -0.25) is 14.5 Å². The van der Waals surface area contributed by atoms with Gasteiger partial charge in [0.25, 0.3) is 11.7 Å². The van der Waals surface area contributed by atoms with E-state index in [1.807, 2.05) is 69.3 Å². The number of Topliss-reactive ketones (excluding diaryl/α,β-unsaturated/α-hetero) is 1. The summed E-state index contributed by atoms with van der Waals surface area (Å²) in [6.07, 6.45) is 2.35. The van der Waals surface area contributed by atoms with Crippen LogP contribution in [-0.4, -0.2) is 36.5 Å². The first kappa shape index (κ1) is 24.6. The fourth-order valence-electron chi connectivity index (χ4n) is 5.32. The summed E-state index contributed by atoms with van der Waals surface area (Å²) in [6, 6.07) is 20.1. The summed E-state index contributed by atoms with van der Waals surface area (Å²) in [4.78, 5) is 30.8. The molecule has 3 aromatic rings. The number of anilines is 2. The average molecular weight is 497 g/mol. The molecular weight excluding hydrogens is 464 g/mol. The Kier molecular flexibility index (Phi) is 6.74. The first-order valence-electron chi connectivity index (χ1n) is 12.9. The van der Waals surface area contributed by atoms with Crippen LogP contribution in [0.4, 0.5) is 11.4 Å². The Morgan fingerprint density at radius 3 is 2.30 bits per heavy atom. The van der Waals surface area contributed by atoms with E-state index in [9.17, 15) is 14.7 Å². The molecule has 1 amide bonds. The van der Waals surface area contributed by atoms with E-state index in [4.69, 9.17) is 4.74 Å². The third-order valence-corrected chi connectivity index (χ3v) is 7.15. The molecule has 6 nitrogen and oxygen atoms in total. The lowest BCUT2D eigenvalue weighted by Crippen LogP contribution is -2.29. The molecule has 2 aliphatic heterocycles. The molecule has 2 saturated heterocycles. The normalized spacial score (nSPS) is 19.1. The number of hydrogen-bond acceptors (Lipinski definition) is 5. The summed E-state index contributed by atoms with van der Waals surface area (Å²) in [5.74, 6) is -0.816. The van der Waals surface area contributed by atoms with Crippen LogP contribution in [0.25, 0.3) is 5.76 Å². The number of benzene rings is 3. The molecule has 190 valence electrons. The standard InChI is InChI=1S/C31H32N2O4/c1-4-37-26-15-10-23(19-21(26)3)29(34)27-28(22-9-7-8-20(2)18-22)33(31(36)30(27)35)25-13-11-24(12-14-25)32-16-5-6-17-32/h7-15,18-19,28,34H,4-6,16-17H2,1-3H3/b29-27-. The van der Waals surface area contributed by atoms with Crippen LogP contribution in [0, 0.1) is 13.8 Å². The van der Waals surface area contributed by atoms with Gasteiger partial charge in [0, 0.05) is 30.0 Å². The van der Waals surface area contributed by atoms with Crippen molar-refractivity contribution in [2.24, 2.45) is 0 Å². The van der Waals surface area contributed by atoms with Crippen LogP contribution in [0.2, 0.25) is 0 Å². The maximum atomic E-state index is 13.5. The van der Waals surface area contributed by atoms with Crippen molar-refractivity contribution in [2.75, 3.05) is 29.5 Å². The fraction of sp³-hybridized carbons (Fsp3) is 0.290. The molecule has 0 aromatic heterocycles. The number of amides is 1. The lowest BCUT2D eigenvalue weighted by atomic mass is 9.94. The lowest BCUT2D eigenvalue weighted by Gasteiger charge is -2.26. The number of aliphatic hydroxyl groups is 1. The monoisotopic (exact) mass is 496 g/mol. The number of carbonyl (C=O) groups excluding carboxylic acids is 2. The van der Waals surface area contributed by atoms with Gasteiger partial charge in [-0.05, 0) is 87.2 Å². The highest BCUT2D eigenvalue weighted by molar-refractivity contribution is 6.51. The molecule has 1 unspecified atom stereocenters. The van der Waals surface area contributed by atoms with Gasteiger partial charge in [-0.2, -0.15) is 0 Å². The molecule has 3 aromatic carbocycles. The number of aryl methyl sites for hydroxylation is 2. The summed E-state index contributed by atoms with van der Waals surface area (Å²) in [6.45, 7) is 8.34. The molecule has 0 saturated carbocycles. The van der Waals surface area contributed by atoms with Gasteiger partial charge in [-0.25, -0.2) is 0 Å². The third-order valence-electron chi connectivity index (χ3n) is 7.15. The van der Waals surface area contributed by atoms with Gasteiger partial charge in [0.05, 0.1) is 18.2 Å². The third kappa shape index (κ3) is 4.59. The van der Waals surface area contributed by atoms with Gasteiger partial charge >= 0.3 is 0 Å². The highest BCUT2D eigenvalue weighted by Crippen LogP contribution is 2.43. The SMILES string of the molecule is CCOc1ccc(/C(O)=C2/C(=O)C(=O)N(c3ccc(N4CCCC4)cc3)C2c2cccc(C)c2)cc1C. The zero-order chi connectivity index (χ0) is 26.1. The molecule has 37 heavy (non-hydrogen) atoms. The summed E-state index contributed by atoms with van der Waals surface area (Å²) >= 11 is 0. The minimum absolute atomic E-state index is 0.0859. The molecule has 2 aliphatic rings. The smallest absolute Gasteiger partial charge is 0.300 e. The lowest BCUT2D eigenvalue weighted by molar-refractivity contribution is -0.132. The summed E-state index contributed by atoms with van der Waals surface area (Å²) in [5, 5.41) is 11.4. The number of nitrogens with zero attached hydrogens (tertiary/aromatic N) is 2.